The number of aryl methyl sites for hydroxylation is 1. The first kappa shape index (κ1) is 28.0. The van der Waals surface area contributed by atoms with Gasteiger partial charge in [0, 0.05) is 32.0 Å². The van der Waals surface area contributed by atoms with Crippen LogP contribution in [0.4, 0.5) is 0 Å². The van der Waals surface area contributed by atoms with Gasteiger partial charge in [-0.05, 0) is 79.9 Å². The summed E-state index contributed by atoms with van der Waals surface area (Å²) in [5.74, 6) is 1.07. The van der Waals surface area contributed by atoms with Crippen LogP contribution in [0.1, 0.15) is 43.2 Å². The summed E-state index contributed by atoms with van der Waals surface area (Å²) in [6.45, 7) is 6.16. The highest BCUT2D eigenvalue weighted by atomic mass is 35.5. The van der Waals surface area contributed by atoms with Crippen molar-refractivity contribution in [2.45, 2.75) is 45.1 Å². The lowest BCUT2D eigenvalue weighted by molar-refractivity contribution is 0.0829. The lowest BCUT2D eigenvalue weighted by atomic mass is 9.74. The molecule has 4 nitrogen and oxygen atoms in total. The Balaban J connectivity index is 0.00000160. The van der Waals surface area contributed by atoms with Crippen LogP contribution in [0.25, 0.3) is 0 Å². The smallest absolute Gasteiger partial charge is 0.122 e. The highest BCUT2D eigenvalue weighted by Gasteiger charge is 2.33. The lowest BCUT2D eigenvalue weighted by Gasteiger charge is -2.42. The summed E-state index contributed by atoms with van der Waals surface area (Å²) in [5, 5.41) is 3.57. The molecule has 1 aromatic heterocycles. The number of benzene rings is 1. The molecular weight excluding hydrogens is 453 g/mol. The zero-order chi connectivity index (χ0) is 19.1. The van der Waals surface area contributed by atoms with Crippen LogP contribution in [-0.2, 0) is 13.0 Å². The molecule has 2 aliphatic rings. The number of aromatic nitrogens is 1. The minimum Gasteiger partial charge on any atom is -0.492 e. The highest BCUT2D eigenvalue weighted by Crippen LogP contribution is 2.36. The van der Waals surface area contributed by atoms with Crippen LogP contribution in [0.5, 0.6) is 5.75 Å². The van der Waals surface area contributed by atoms with Crippen molar-refractivity contribution in [2.75, 3.05) is 32.8 Å². The molecule has 0 radical (unpaired) electrons. The monoisotopic (exact) mass is 487 g/mol. The summed E-state index contributed by atoms with van der Waals surface area (Å²) >= 11 is 0. The Bertz CT molecular complexity index is 742. The molecule has 2 aliphatic heterocycles. The topological polar surface area (TPSA) is 37.4 Å². The average molecular weight is 489 g/mol. The first-order chi connectivity index (χ1) is 13.8. The maximum absolute atomic E-state index is 6.24. The van der Waals surface area contributed by atoms with Gasteiger partial charge in [0.1, 0.15) is 12.4 Å². The number of ether oxygens (including phenoxy) is 1. The van der Waals surface area contributed by atoms with Crippen molar-refractivity contribution in [1.29, 1.82) is 0 Å². The molecule has 0 amide bonds. The first-order valence-electron chi connectivity index (χ1n) is 10.9. The van der Waals surface area contributed by atoms with Crippen LogP contribution in [-0.4, -0.2) is 42.7 Å². The van der Waals surface area contributed by atoms with Crippen LogP contribution in [0.2, 0.25) is 0 Å². The number of piperidine rings is 1. The number of hydrogen-bond acceptors (Lipinski definition) is 4. The molecule has 31 heavy (non-hydrogen) atoms. The van der Waals surface area contributed by atoms with E-state index in [4.69, 9.17) is 4.74 Å². The lowest BCUT2D eigenvalue weighted by Crippen LogP contribution is -2.45. The predicted octanol–water partition coefficient (Wildman–Crippen LogP) is 5.32. The molecule has 2 aromatic rings. The molecule has 1 aromatic carbocycles. The number of nitrogens with one attached hydrogen (secondary N) is 1. The molecule has 0 bridgehead atoms. The number of pyridine rings is 1. The molecule has 174 valence electrons. The molecule has 0 unspecified atom stereocenters. The quantitative estimate of drug-likeness (QED) is 0.620. The second-order valence-corrected chi connectivity index (χ2v) is 8.48. The maximum Gasteiger partial charge on any atom is 0.122 e. The second kappa shape index (κ2) is 14.2. The molecular formula is C24H36Cl3N3O. The average Bonchev–Trinajstić information content (AvgIpc) is 2.73. The van der Waals surface area contributed by atoms with Crippen molar-refractivity contribution < 1.29 is 4.74 Å². The van der Waals surface area contributed by atoms with Crippen molar-refractivity contribution in [2.24, 2.45) is 5.41 Å². The van der Waals surface area contributed by atoms with E-state index in [1.807, 2.05) is 12.4 Å². The molecule has 7 heteroatoms. The minimum atomic E-state index is 0. The van der Waals surface area contributed by atoms with E-state index in [1.54, 1.807) is 0 Å². The fraction of sp³-hybridized carbons (Fsp3) is 0.542. The zero-order valence-electron chi connectivity index (χ0n) is 18.1. The minimum absolute atomic E-state index is 0. The third kappa shape index (κ3) is 8.11. The summed E-state index contributed by atoms with van der Waals surface area (Å²) in [6.07, 6.45) is 11.4. The van der Waals surface area contributed by atoms with Crippen molar-refractivity contribution in [1.82, 2.24) is 15.2 Å². The molecule has 0 atom stereocenters. The van der Waals surface area contributed by atoms with E-state index in [2.05, 4.69) is 51.6 Å². The van der Waals surface area contributed by atoms with Gasteiger partial charge in [-0.3, -0.25) is 9.88 Å². The molecule has 3 heterocycles. The van der Waals surface area contributed by atoms with Crippen LogP contribution >= 0.6 is 37.2 Å². The standard InChI is InChI=1S/C24H33N3O.3ClH/c1-2-7-23-22(5-1)6-3-4-10-24(11-15-26-16-12-24)20-27(17-18-28-23)19-21-8-13-25-14-9-21;;;/h1-2,5,7-9,13-14,26H,3-4,6,10-12,15-20H2;3*1H. The van der Waals surface area contributed by atoms with Gasteiger partial charge in [0.2, 0.25) is 0 Å². The van der Waals surface area contributed by atoms with Gasteiger partial charge in [-0.1, -0.05) is 24.6 Å². The Kier molecular flexibility index (Phi) is 12.8. The number of halogens is 3. The summed E-state index contributed by atoms with van der Waals surface area (Å²) in [6, 6.07) is 12.9. The van der Waals surface area contributed by atoms with Crippen LogP contribution in [0.3, 0.4) is 0 Å². The van der Waals surface area contributed by atoms with Gasteiger partial charge in [-0.15, -0.1) is 37.2 Å². The Morgan fingerprint density at radius 2 is 1.68 bits per heavy atom. The second-order valence-electron chi connectivity index (χ2n) is 8.48. The Labute approximate surface area is 205 Å². The van der Waals surface area contributed by atoms with Gasteiger partial charge in [0.15, 0.2) is 0 Å². The maximum atomic E-state index is 6.24. The third-order valence-corrected chi connectivity index (χ3v) is 6.42. The Hall–Kier alpha value is -1.04. The van der Waals surface area contributed by atoms with E-state index in [0.29, 0.717) is 5.41 Å². The SMILES string of the molecule is Cl.Cl.Cl.c1ccc2c(c1)CCCCC1(CCNCC1)CN(Cc1ccncc1)CCO2. The van der Waals surface area contributed by atoms with Gasteiger partial charge in [-0.2, -0.15) is 0 Å². The highest BCUT2D eigenvalue weighted by molar-refractivity contribution is 5.86. The van der Waals surface area contributed by atoms with E-state index in [0.717, 1.165) is 45.0 Å². The molecule has 1 fully saturated rings. The number of fused-ring (bicyclic) bond motifs is 1. The van der Waals surface area contributed by atoms with Gasteiger partial charge >= 0.3 is 0 Å². The molecule has 0 saturated carbocycles. The number of para-hydroxylation sites is 1. The summed E-state index contributed by atoms with van der Waals surface area (Å²) in [5.41, 5.74) is 3.14. The van der Waals surface area contributed by atoms with Gasteiger partial charge < -0.3 is 10.1 Å². The summed E-state index contributed by atoms with van der Waals surface area (Å²) in [4.78, 5) is 6.80. The van der Waals surface area contributed by atoms with E-state index in [9.17, 15) is 0 Å². The summed E-state index contributed by atoms with van der Waals surface area (Å²) < 4.78 is 6.24. The van der Waals surface area contributed by atoms with Crippen LogP contribution in [0.15, 0.2) is 48.8 Å². The normalized spacial score (nSPS) is 19.1. The largest absolute Gasteiger partial charge is 0.492 e. The molecule has 1 spiro atoms. The molecule has 4 rings (SSSR count). The molecule has 1 saturated heterocycles. The van der Waals surface area contributed by atoms with Gasteiger partial charge in [0.25, 0.3) is 0 Å². The fourth-order valence-corrected chi connectivity index (χ4v) is 4.83. The van der Waals surface area contributed by atoms with E-state index in [-0.39, 0.29) is 37.2 Å². The van der Waals surface area contributed by atoms with Crippen molar-refractivity contribution in [3.63, 3.8) is 0 Å². The van der Waals surface area contributed by atoms with E-state index in [1.165, 1.54) is 49.8 Å². The fourth-order valence-electron chi connectivity index (χ4n) is 4.83. The van der Waals surface area contributed by atoms with Crippen molar-refractivity contribution in [3.05, 3.63) is 59.9 Å². The molecule has 1 N–H and O–H groups in total. The Morgan fingerprint density at radius 3 is 2.45 bits per heavy atom. The zero-order valence-corrected chi connectivity index (χ0v) is 20.6. The van der Waals surface area contributed by atoms with Crippen LogP contribution in [0, 0.1) is 5.41 Å². The van der Waals surface area contributed by atoms with Gasteiger partial charge in [0.05, 0.1) is 0 Å². The predicted molar refractivity (Wildman–Crippen MR) is 135 cm³/mol. The Morgan fingerprint density at radius 1 is 0.935 bits per heavy atom. The van der Waals surface area contributed by atoms with Crippen molar-refractivity contribution in [3.8, 4) is 5.75 Å². The number of rotatable bonds is 2. The van der Waals surface area contributed by atoms with E-state index < -0.39 is 0 Å². The number of hydrogen-bond donors (Lipinski definition) is 1. The van der Waals surface area contributed by atoms with Crippen LogP contribution < -0.4 is 10.1 Å². The van der Waals surface area contributed by atoms with E-state index >= 15 is 0 Å². The van der Waals surface area contributed by atoms with Gasteiger partial charge in [-0.25, -0.2) is 0 Å². The third-order valence-electron chi connectivity index (χ3n) is 6.42. The summed E-state index contributed by atoms with van der Waals surface area (Å²) in [7, 11) is 0. The van der Waals surface area contributed by atoms with Crippen molar-refractivity contribution >= 4 is 37.2 Å². The number of nitrogens with zero attached hydrogens (tertiary/aromatic N) is 2. The first-order valence-corrected chi connectivity index (χ1v) is 10.9. The molecule has 0 aliphatic carbocycles.